The van der Waals surface area contributed by atoms with Gasteiger partial charge in [0.05, 0.1) is 18.7 Å². The fourth-order valence-electron chi connectivity index (χ4n) is 3.50. The molecule has 0 radical (unpaired) electrons. The highest BCUT2D eigenvalue weighted by Crippen LogP contribution is 2.33. The molecule has 3 fully saturated rings. The first-order valence-electron chi connectivity index (χ1n) is 7.58. The van der Waals surface area contributed by atoms with Gasteiger partial charge in [-0.15, -0.1) is 0 Å². The van der Waals surface area contributed by atoms with Crippen molar-refractivity contribution < 1.29 is 14.3 Å². The van der Waals surface area contributed by atoms with Gasteiger partial charge in [-0.3, -0.25) is 4.79 Å². The van der Waals surface area contributed by atoms with Crippen LogP contribution in [-0.4, -0.2) is 44.6 Å². The summed E-state index contributed by atoms with van der Waals surface area (Å²) < 4.78 is 15.0. The SMILES string of the molecule is O=C1C[C@H](n2nnn(C3CCCCC3)c2=S)[C@@H]2CO[C@H]1O2. The fraction of sp³-hybridized carbons (Fsp3) is 0.846. The summed E-state index contributed by atoms with van der Waals surface area (Å²) in [5.74, 6) is -0.0390. The molecule has 1 aromatic rings. The third-order valence-corrected chi connectivity index (χ3v) is 5.05. The number of hydrogen-bond acceptors (Lipinski definition) is 6. The number of rotatable bonds is 2. The topological polar surface area (TPSA) is 71.2 Å². The minimum atomic E-state index is -0.686. The third-order valence-electron chi connectivity index (χ3n) is 4.67. The highest BCUT2D eigenvalue weighted by Gasteiger charge is 2.45. The summed E-state index contributed by atoms with van der Waals surface area (Å²) in [7, 11) is 0. The zero-order valence-corrected chi connectivity index (χ0v) is 12.5. The van der Waals surface area contributed by atoms with Crippen molar-refractivity contribution in [1.82, 2.24) is 19.8 Å². The van der Waals surface area contributed by atoms with E-state index in [0.717, 1.165) is 12.8 Å². The molecule has 8 heteroatoms. The number of ether oxygens (including phenoxy) is 2. The van der Waals surface area contributed by atoms with Gasteiger partial charge in [0.15, 0.2) is 5.78 Å². The van der Waals surface area contributed by atoms with Crippen molar-refractivity contribution in [2.24, 2.45) is 0 Å². The zero-order valence-electron chi connectivity index (χ0n) is 11.7. The molecule has 0 spiro atoms. The summed E-state index contributed by atoms with van der Waals surface area (Å²) in [4.78, 5) is 11.9. The minimum absolute atomic E-state index is 0.0390. The van der Waals surface area contributed by atoms with E-state index in [2.05, 4.69) is 10.4 Å². The van der Waals surface area contributed by atoms with Crippen molar-refractivity contribution in [1.29, 1.82) is 0 Å². The van der Waals surface area contributed by atoms with Gasteiger partial charge in [-0.2, -0.15) is 0 Å². The van der Waals surface area contributed by atoms with Crippen LogP contribution < -0.4 is 0 Å². The number of hydrogen-bond donors (Lipinski definition) is 0. The lowest BCUT2D eigenvalue weighted by Crippen LogP contribution is -2.37. The maximum atomic E-state index is 11.9. The van der Waals surface area contributed by atoms with Crippen molar-refractivity contribution in [3.05, 3.63) is 4.77 Å². The Hall–Kier alpha value is -1.12. The lowest BCUT2D eigenvalue weighted by Gasteiger charge is -2.26. The molecular formula is C13H18N4O3S. The smallest absolute Gasteiger partial charge is 0.218 e. The molecule has 0 amide bonds. The van der Waals surface area contributed by atoms with Gasteiger partial charge in [-0.1, -0.05) is 19.3 Å². The first-order chi connectivity index (χ1) is 10.2. The Balaban J connectivity index is 1.62. The summed E-state index contributed by atoms with van der Waals surface area (Å²) in [5.41, 5.74) is 0. The fourth-order valence-corrected chi connectivity index (χ4v) is 3.86. The normalized spacial score (nSPS) is 33.5. The van der Waals surface area contributed by atoms with Gasteiger partial charge < -0.3 is 9.47 Å². The first-order valence-corrected chi connectivity index (χ1v) is 7.98. The van der Waals surface area contributed by atoms with E-state index < -0.39 is 6.29 Å². The molecule has 4 rings (SSSR count). The Kier molecular flexibility index (Phi) is 3.39. The van der Waals surface area contributed by atoms with Gasteiger partial charge in [-0.25, -0.2) is 9.36 Å². The first kappa shape index (κ1) is 13.5. The molecular weight excluding hydrogens is 292 g/mol. The number of carbonyl (C=O) groups is 1. The highest BCUT2D eigenvalue weighted by atomic mass is 32.1. The van der Waals surface area contributed by atoms with Crippen LogP contribution >= 0.6 is 12.2 Å². The summed E-state index contributed by atoms with van der Waals surface area (Å²) in [6.07, 6.45) is 5.41. The zero-order chi connectivity index (χ0) is 14.4. The summed E-state index contributed by atoms with van der Waals surface area (Å²) >= 11 is 5.53. The second-order valence-corrected chi connectivity index (χ2v) is 6.39. The molecule has 21 heavy (non-hydrogen) atoms. The number of tetrazole rings is 1. The molecule has 0 N–H and O–H groups in total. The lowest BCUT2D eigenvalue weighted by molar-refractivity contribution is -0.156. The third kappa shape index (κ3) is 2.25. The molecule has 1 saturated carbocycles. The maximum absolute atomic E-state index is 11.9. The molecule has 3 heterocycles. The van der Waals surface area contributed by atoms with Crippen LogP contribution in [0.1, 0.15) is 50.6 Å². The van der Waals surface area contributed by atoms with E-state index in [-0.39, 0.29) is 17.9 Å². The number of ketones is 1. The van der Waals surface area contributed by atoms with E-state index in [0.29, 0.717) is 23.8 Å². The molecule has 1 aliphatic carbocycles. The Labute approximate surface area is 127 Å². The molecule has 1 aromatic heterocycles. The van der Waals surface area contributed by atoms with E-state index in [4.69, 9.17) is 21.7 Å². The van der Waals surface area contributed by atoms with E-state index >= 15 is 0 Å². The van der Waals surface area contributed by atoms with Gasteiger partial charge in [0.25, 0.3) is 0 Å². The summed E-state index contributed by atoms with van der Waals surface area (Å²) in [6.45, 7) is 0.416. The molecule has 2 bridgehead atoms. The van der Waals surface area contributed by atoms with Crippen molar-refractivity contribution in [2.75, 3.05) is 6.61 Å². The van der Waals surface area contributed by atoms with Gasteiger partial charge >= 0.3 is 0 Å². The molecule has 2 aliphatic heterocycles. The Morgan fingerprint density at radius 3 is 2.71 bits per heavy atom. The van der Waals surface area contributed by atoms with Crippen LogP contribution in [0.2, 0.25) is 0 Å². The predicted molar refractivity (Wildman–Crippen MR) is 74.2 cm³/mol. The number of aromatic nitrogens is 4. The van der Waals surface area contributed by atoms with E-state index in [1.165, 1.54) is 19.3 Å². The molecule has 7 nitrogen and oxygen atoms in total. The second kappa shape index (κ2) is 5.26. The van der Waals surface area contributed by atoms with Gasteiger partial charge in [0.1, 0.15) is 6.10 Å². The number of carbonyl (C=O) groups excluding carboxylic acids is 1. The minimum Gasteiger partial charge on any atom is -0.343 e. The molecule has 3 aliphatic rings. The average molecular weight is 310 g/mol. The van der Waals surface area contributed by atoms with Crippen LogP contribution in [0, 0.1) is 4.77 Å². The van der Waals surface area contributed by atoms with Crippen LogP contribution in [0.5, 0.6) is 0 Å². The number of fused-ring (bicyclic) bond motifs is 2. The van der Waals surface area contributed by atoms with E-state index in [1.807, 2.05) is 4.68 Å². The molecule has 3 atom stereocenters. The van der Waals surface area contributed by atoms with Crippen LogP contribution in [0.3, 0.4) is 0 Å². The second-order valence-electron chi connectivity index (χ2n) is 6.02. The Bertz CT molecular complexity index is 607. The number of Topliss-reactive ketones (excluding diaryl/α,β-unsaturated/α-hetero) is 1. The van der Waals surface area contributed by atoms with Gasteiger partial charge in [-0.05, 0) is 35.5 Å². The monoisotopic (exact) mass is 310 g/mol. The summed E-state index contributed by atoms with van der Waals surface area (Å²) in [5, 5.41) is 8.44. The highest BCUT2D eigenvalue weighted by molar-refractivity contribution is 7.71. The predicted octanol–water partition coefficient (Wildman–Crippen LogP) is 1.57. The lowest BCUT2D eigenvalue weighted by atomic mass is 9.96. The maximum Gasteiger partial charge on any atom is 0.218 e. The van der Waals surface area contributed by atoms with Gasteiger partial charge in [0, 0.05) is 6.42 Å². The van der Waals surface area contributed by atoms with Crippen molar-refractivity contribution >= 4 is 18.0 Å². The Morgan fingerprint density at radius 1 is 1.14 bits per heavy atom. The van der Waals surface area contributed by atoms with Crippen LogP contribution in [0.25, 0.3) is 0 Å². The number of nitrogens with zero attached hydrogens (tertiary/aromatic N) is 4. The van der Waals surface area contributed by atoms with Crippen molar-refractivity contribution in [2.45, 2.75) is 63.0 Å². The van der Waals surface area contributed by atoms with Crippen molar-refractivity contribution in [3.8, 4) is 0 Å². The average Bonchev–Trinajstić information content (AvgIpc) is 3.10. The van der Waals surface area contributed by atoms with E-state index in [1.54, 1.807) is 4.68 Å². The quantitative estimate of drug-likeness (QED) is 0.772. The Morgan fingerprint density at radius 2 is 1.90 bits per heavy atom. The molecule has 0 unspecified atom stereocenters. The van der Waals surface area contributed by atoms with Crippen LogP contribution in [0.15, 0.2) is 0 Å². The van der Waals surface area contributed by atoms with Crippen molar-refractivity contribution in [3.63, 3.8) is 0 Å². The molecule has 114 valence electrons. The van der Waals surface area contributed by atoms with E-state index in [9.17, 15) is 4.79 Å². The van der Waals surface area contributed by atoms with Crippen LogP contribution in [-0.2, 0) is 14.3 Å². The standard InChI is InChI=1S/C13H18N4O3S/c18-10-6-9(11-7-19-12(10)20-11)17-13(21)16(14-15-17)8-4-2-1-3-5-8/h8-9,11-12H,1-7H2/t9-,11-,12-/m0/s1. The molecule has 2 saturated heterocycles. The van der Waals surface area contributed by atoms with Gasteiger partial charge in [0.2, 0.25) is 11.1 Å². The summed E-state index contributed by atoms with van der Waals surface area (Å²) in [6, 6.07) is 0.147. The largest absolute Gasteiger partial charge is 0.343 e. The molecule has 0 aromatic carbocycles. The van der Waals surface area contributed by atoms with Crippen LogP contribution in [0.4, 0.5) is 0 Å².